The number of sulfonamides is 1. The maximum atomic E-state index is 12.6. The van der Waals surface area contributed by atoms with E-state index in [0.29, 0.717) is 39.1 Å². The lowest BCUT2D eigenvalue weighted by atomic mass is 10.1. The van der Waals surface area contributed by atoms with Crippen LogP contribution in [0.2, 0.25) is 5.02 Å². The van der Waals surface area contributed by atoms with Crippen LogP contribution in [0.25, 0.3) is 6.08 Å². The zero-order valence-corrected chi connectivity index (χ0v) is 21.1. The molecule has 0 atom stereocenters. The summed E-state index contributed by atoms with van der Waals surface area (Å²) in [6.07, 6.45) is 2.99. The van der Waals surface area contributed by atoms with Crippen LogP contribution in [0, 0.1) is 0 Å². The molecule has 0 radical (unpaired) electrons. The van der Waals surface area contributed by atoms with Crippen molar-refractivity contribution in [2.75, 3.05) is 26.6 Å². The van der Waals surface area contributed by atoms with Gasteiger partial charge >= 0.3 is 6.03 Å². The van der Waals surface area contributed by atoms with Crippen LogP contribution in [-0.2, 0) is 10.0 Å². The second-order valence-electron chi connectivity index (χ2n) is 7.25. The Kier molecular flexibility index (Phi) is 8.57. The van der Waals surface area contributed by atoms with Gasteiger partial charge in [0.05, 0.1) is 26.2 Å². The molecule has 3 aromatic carbocycles. The summed E-state index contributed by atoms with van der Waals surface area (Å²) in [4.78, 5) is 24.6. The van der Waals surface area contributed by atoms with Gasteiger partial charge in [0, 0.05) is 16.3 Å². The topological polar surface area (TPSA) is 120 Å². The number of carbonyl (C=O) groups excluding carboxylic acids is 2. The van der Waals surface area contributed by atoms with Gasteiger partial charge in [0.2, 0.25) is 5.75 Å². The number of nitrogens with one attached hydrogen (secondary N) is 2. The number of urea groups is 1. The molecule has 11 heteroatoms. The van der Waals surface area contributed by atoms with Crippen LogP contribution in [0.15, 0.2) is 71.6 Å². The van der Waals surface area contributed by atoms with E-state index >= 15 is 0 Å². The Morgan fingerprint density at radius 2 is 1.44 bits per heavy atom. The van der Waals surface area contributed by atoms with Crippen molar-refractivity contribution in [1.29, 1.82) is 0 Å². The largest absolute Gasteiger partial charge is 0.493 e. The number of anilines is 1. The standard InChI is InChI=1S/C25H23ClN2O7S/c1-33-22-14-16(15-23(34-2)24(22)35-3)4-13-21(29)17-5-9-19(10-6-17)27-25(30)28-36(31,32)20-11-7-18(26)8-12-20/h4-15H,1-3H3,(H2,27,28,30)/b13-4+. The van der Waals surface area contributed by atoms with Crippen LogP contribution in [0.3, 0.4) is 0 Å². The van der Waals surface area contributed by atoms with Crippen molar-refractivity contribution >= 4 is 45.2 Å². The van der Waals surface area contributed by atoms with E-state index in [1.807, 2.05) is 4.72 Å². The Morgan fingerprint density at radius 3 is 1.97 bits per heavy atom. The van der Waals surface area contributed by atoms with Gasteiger partial charge in [-0.25, -0.2) is 17.9 Å². The lowest BCUT2D eigenvalue weighted by molar-refractivity contribution is 0.104. The van der Waals surface area contributed by atoms with Crippen molar-refractivity contribution in [2.45, 2.75) is 4.90 Å². The van der Waals surface area contributed by atoms with E-state index in [0.717, 1.165) is 0 Å². The number of ketones is 1. The van der Waals surface area contributed by atoms with Crippen LogP contribution < -0.4 is 24.2 Å². The molecule has 0 saturated carbocycles. The van der Waals surface area contributed by atoms with Gasteiger partial charge in [0.15, 0.2) is 17.3 Å². The van der Waals surface area contributed by atoms with E-state index in [4.69, 9.17) is 25.8 Å². The van der Waals surface area contributed by atoms with Crippen LogP contribution >= 0.6 is 11.6 Å². The number of halogens is 1. The molecule has 0 bridgehead atoms. The number of hydrogen-bond acceptors (Lipinski definition) is 7. The second-order valence-corrected chi connectivity index (χ2v) is 9.37. The van der Waals surface area contributed by atoms with Crippen molar-refractivity contribution in [2.24, 2.45) is 0 Å². The zero-order valence-electron chi connectivity index (χ0n) is 19.6. The fourth-order valence-corrected chi connectivity index (χ4v) is 4.17. The Balaban J connectivity index is 1.66. The van der Waals surface area contributed by atoms with Crippen molar-refractivity contribution in [3.63, 3.8) is 0 Å². The van der Waals surface area contributed by atoms with Crippen molar-refractivity contribution in [3.8, 4) is 17.2 Å². The minimum Gasteiger partial charge on any atom is -0.493 e. The molecule has 0 unspecified atom stereocenters. The molecule has 0 aliphatic rings. The minimum atomic E-state index is -4.08. The second kappa shape index (κ2) is 11.6. The first-order valence-electron chi connectivity index (χ1n) is 10.4. The molecule has 0 saturated heterocycles. The Bertz CT molecular complexity index is 1360. The third-order valence-electron chi connectivity index (χ3n) is 4.89. The molecule has 2 N–H and O–H groups in total. The summed E-state index contributed by atoms with van der Waals surface area (Å²) in [7, 11) is 0.422. The van der Waals surface area contributed by atoms with Crippen LogP contribution in [0.1, 0.15) is 15.9 Å². The predicted octanol–water partition coefficient (Wildman–Crippen LogP) is 4.77. The fraction of sp³-hybridized carbons (Fsp3) is 0.120. The molecule has 36 heavy (non-hydrogen) atoms. The molecule has 0 aliphatic heterocycles. The van der Waals surface area contributed by atoms with Crippen molar-refractivity contribution in [1.82, 2.24) is 4.72 Å². The van der Waals surface area contributed by atoms with E-state index in [9.17, 15) is 18.0 Å². The average Bonchev–Trinajstić information content (AvgIpc) is 2.86. The molecule has 0 aliphatic carbocycles. The molecule has 0 heterocycles. The van der Waals surface area contributed by atoms with Gasteiger partial charge in [0.25, 0.3) is 10.0 Å². The monoisotopic (exact) mass is 530 g/mol. The number of rotatable bonds is 9. The van der Waals surface area contributed by atoms with Gasteiger partial charge in [-0.3, -0.25) is 4.79 Å². The van der Waals surface area contributed by atoms with Crippen LogP contribution in [0.4, 0.5) is 10.5 Å². The zero-order chi connectivity index (χ0) is 26.3. The average molecular weight is 531 g/mol. The number of methoxy groups -OCH3 is 3. The smallest absolute Gasteiger partial charge is 0.333 e. The molecular weight excluding hydrogens is 508 g/mol. The fourth-order valence-electron chi connectivity index (χ4n) is 3.13. The van der Waals surface area contributed by atoms with Gasteiger partial charge in [-0.15, -0.1) is 0 Å². The number of benzene rings is 3. The highest BCUT2D eigenvalue weighted by molar-refractivity contribution is 7.90. The van der Waals surface area contributed by atoms with Gasteiger partial charge in [-0.1, -0.05) is 17.7 Å². The molecule has 0 aromatic heterocycles. The van der Waals surface area contributed by atoms with Gasteiger partial charge in [-0.2, -0.15) is 0 Å². The quantitative estimate of drug-likeness (QED) is 0.302. The highest BCUT2D eigenvalue weighted by Gasteiger charge is 2.18. The number of carbonyl (C=O) groups is 2. The lowest BCUT2D eigenvalue weighted by Crippen LogP contribution is -2.34. The van der Waals surface area contributed by atoms with E-state index in [-0.39, 0.29) is 10.7 Å². The van der Waals surface area contributed by atoms with Gasteiger partial charge in [-0.05, 0) is 72.3 Å². The molecule has 0 fully saturated rings. The summed E-state index contributed by atoms with van der Waals surface area (Å²) in [6, 6.07) is 13.8. The Labute approximate surface area is 213 Å². The highest BCUT2D eigenvalue weighted by Crippen LogP contribution is 2.38. The summed E-state index contributed by atoms with van der Waals surface area (Å²) in [5, 5.41) is 2.78. The van der Waals surface area contributed by atoms with Crippen molar-refractivity contribution in [3.05, 3.63) is 82.9 Å². The molecule has 0 spiro atoms. The molecule has 188 valence electrons. The number of ether oxygens (including phenoxy) is 3. The molecule has 9 nitrogen and oxygen atoms in total. The molecular formula is C25H23ClN2O7S. The maximum absolute atomic E-state index is 12.6. The first kappa shape index (κ1) is 26.6. The summed E-state index contributed by atoms with van der Waals surface area (Å²) < 4.78 is 42.4. The molecule has 3 aromatic rings. The normalized spacial score (nSPS) is 11.1. The van der Waals surface area contributed by atoms with Crippen LogP contribution in [0.5, 0.6) is 17.2 Å². The first-order chi connectivity index (χ1) is 17.2. The van der Waals surface area contributed by atoms with Crippen molar-refractivity contribution < 1.29 is 32.2 Å². The van der Waals surface area contributed by atoms with E-state index < -0.39 is 16.1 Å². The Hall–Kier alpha value is -4.02. The molecule has 2 amide bonds. The van der Waals surface area contributed by atoms with Crippen LogP contribution in [-0.4, -0.2) is 41.6 Å². The van der Waals surface area contributed by atoms with E-state index in [2.05, 4.69) is 5.32 Å². The number of amides is 2. The van der Waals surface area contributed by atoms with Gasteiger partial charge < -0.3 is 19.5 Å². The summed E-state index contributed by atoms with van der Waals surface area (Å²) in [5.41, 5.74) is 1.32. The Morgan fingerprint density at radius 1 is 0.861 bits per heavy atom. The lowest BCUT2D eigenvalue weighted by Gasteiger charge is -2.12. The third kappa shape index (κ3) is 6.55. The highest BCUT2D eigenvalue weighted by atomic mass is 35.5. The van der Waals surface area contributed by atoms with Gasteiger partial charge in [0.1, 0.15) is 0 Å². The number of hydrogen-bond donors (Lipinski definition) is 2. The SMILES string of the molecule is COc1cc(/C=C/C(=O)c2ccc(NC(=O)NS(=O)(=O)c3ccc(Cl)cc3)cc2)cc(OC)c1OC. The summed E-state index contributed by atoms with van der Waals surface area (Å²) in [6.45, 7) is 0. The minimum absolute atomic E-state index is 0.109. The first-order valence-corrected chi connectivity index (χ1v) is 12.2. The van der Waals surface area contributed by atoms with E-state index in [1.165, 1.54) is 75.9 Å². The number of allylic oxidation sites excluding steroid dienone is 1. The van der Waals surface area contributed by atoms with E-state index in [1.54, 1.807) is 18.2 Å². The third-order valence-corrected chi connectivity index (χ3v) is 6.49. The summed E-state index contributed by atoms with van der Waals surface area (Å²) >= 11 is 5.76. The predicted molar refractivity (Wildman–Crippen MR) is 137 cm³/mol. The summed E-state index contributed by atoms with van der Waals surface area (Å²) in [5.74, 6) is 1.06. The molecule has 3 rings (SSSR count). The maximum Gasteiger partial charge on any atom is 0.333 e.